The molecule has 2 heterocycles. The summed E-state index contributed by atoms with van der Waals surface area (Å²) in [7, 11) is 1.73. The Balaban J connectivity index is 2.46. The Bertz CT molecular complexity index is 490. The van der Waals surface area contributed by atoms with Gasteiger partial charge in [0.05, 0.1) is 17.6 Å². The maximum absolute atomic E-state index is 12.7. The molecule has 0 saturated carbocycles. The largest absolute Gasteiger partial charge is 0.377 e. The van der Waals surface area contributed by atoms with Crippen molar-refractivity contribution in [1.82, 2.24) is 14.8 Å². The number of hydrogen-bond acceptors (Lipinski definition) is 3. The van der Waals surface area contributed by atoms with Crippen molar-refractivity contribution in [2.75, 3.05) is 0 Å². The van der Waals surface area contributed by atoms with Crippen LogP contribution in [-0.2, 0) is 12.6 Å². The molecule has 0 amide bonds. The highest BCUT2D eigenvalue weighted by Gasteiger charge is 2.29. The van der Waals surface area contributed by atoms with E-state index in [4.69, 9.17) is 0 Å². The number of aromatic nitrogens is 3. The zero-order valence-corrected chi connectivity index (χ0v) is 9.05. The van der Waals surface area contributed by atoms with Gasteiger partial charge in [-0.2, -0.15) is 5.10 Å². The minimum atomic E-state index is -1.28. The standard InChI is InChI=1S/C11H12FN3O/c1-11(16,10-5-6-14-15(10)2)9-4-3-8(12)7-13-9/h3-7,16H,1-2H3. The molecule has 1 atom stereocenters. The minimum absolute atomic E-state index is 0.387. The highest BCUT2D eigenvalue weighted by atomic mass is 19.1. The maximum atomic E-state index is 12.7. The van der Waals surface area contributed by atoms with Crippen molar-refractivity contribution in [2.45, 2.75) is 12.5 Å². The third-order valence-corrected chi connectivity index (χ3v) is 2.55. The van der Waals surface area contributed by atoms with Gasteiger partial charge in [0.15, 0.2) is 0 Å². The average molecular weight is 221 g/mol. The Morgan fingerprint density at radius 3 is 2.62 bits per heavy atom. The van der Waals surface area contributed by atoms with E-state index in [1.165, 1.54) is 12.1 Å². The summed E-state index contributed by atoms with van der Waals surface area (Å²) >= 11 is 0. The Hall–Kier alpha value is -1.75. The number of aliphatic hydroxyl groups is 1. The van der Waals surface area contributed by atoms with Crippen molar-refractivity contribution >= 4 is 0 Å². The van der Waals surface area contributed by atoms with E-state index in [0.29, 0.717) is 11.4 Å². The summed E-state index contributed by atoms with van der Waals surface area (Å²) in [6, 6.07) is 4.43. The van der Waals surface area contributed by atoms with Crippen LogP contribution in [0.3, 0.4) is 0 Å². The first-order chi connectivity index (χ1) is 7.51. The lowest BCUT2D eigenvalue weighted by Gasteiger charge is -2.22. The lowest BCUT2D eigenvalue weighted by molar-refractivity contribution is 0.0880. The molecule has 16 heavy (non-hydrogen) atoms. The first-order valence-corrected chi connectivity index (χ1v) is 4.84. The topological polar surface area (TPSA) is 50.9 Å². The van der Waals surface area contributed by atoms with Crippen molar-refractivity contribution in [3.63, 3.8) is 0 Å². The maximum Gasteiger partial charge on any atom is 0.145 e. The minimum Gasteiger partial charge on any atom is -0.377 e. The highest BCUT2D eigenvalue weighted by molar-refractivity contribution is 5.25. The number of hydrogen-bond donors (Lipinski definition) is 1. The number of aryl methyl sites for hydroxylation is 1. The molecule has 0 aliphatic heterocycles. The fourth-order valence-electron chi connectivity index (χ4n) is 1.65. The molecule has 0 aromatic carbocycles. The van der Waals surface area contributed by atoms with Crippen LogP contribution < -0.4 is 0 Å². The van der Waals surface area contributed by atoms with E-state index in [2.05, 4.69) is 10.1 Å². The van der Waals surface area contributed by atoms with Crippen LogP contribution in [0.4, 0.5) is 4.39 Å². The summed E-state index contributed by atoms with van der Waals surface area (Å²) in [5.74, 6) is -0.426. The Morgan fingerprint density at radius 2 is 2.12 bits per heavy atom. The van der Waals surface area contributed by atoms with Crippen molar-refractivity contribution < 1.29 is 9.50 Å². The van der Waals surface area contributed by atoms with E-state index in [1.807, 2.05) is 0 Å². The second kappa shape index (κ2) is 3.68. The molecule has 0 saturated heterocycles. The molecule has 1 N–H and O–H groups in total. The molecule has 2 rings (SSSR count). The van der Waals surface area contributed by atoms with Gasteiger partial charge in [-0.1, -0.05) is 0 Å². The van der Waals surface area contributed by atoms with Gasteiger partial charge in [0.2, 0.25) is 0 Å². The zero-order chi connectivity index (χ0) is 11.8. The van der Waals surface area contributed by atoms with Gasteiger partial charge in [-0.25, -0.2) is 4.39 Å². The molecule has 0 radical (unpaired) electrons. The van der Waals surface area contributed by atoms with Gasteiger partial charge >= 0.3 is 0 Å². The van der Waals surface area contributed by atoms with Gasteiger partial charge in [-0.15, -0.1) is 0 Å². The van der Waals surface area contributed by atoms with Gasteiger partial charge in [0, 0.05) is 13.2 Å². The van der Waals surface area contributed by atoms with E-state index in [1.54, 1.807) is 30.9 Å². The van der Waals surface area contributed by atoms with Crippen LogP contribution in [-0.4, -0.2) is 19.9 Å². The number of pyridine rings is 1. The first-order valence-electron chi connectivity index (χ1n) is 4.84. The summed E-state index contributed by atoms with van der Waals surface area (Å²) in [6.45, 7) is 1.60. The Kier molecular flexibility index (Phi) is 2.47. The Morgan fingerprint density at radius 1 is 1.38 bits per heavy atom. The van der Waals surface area contributed by atoms with E-state index < -0.39 is 11.4 Å². The lowest BCUT2D eigenvalue weighted by Crippen LogP contribution is -2.27. The van der Waals surface area contributed by atoms with E-state index in [-0.39, 0.29) is 0 Å². The molecule has 0 bridgehead atoms. The third kappa shape index (κ3) is 1.69. The molecular formula is C11H12FN3O. The van der Waals surface area contributed by atoms with Crippen LogP contribution in [0.5, 0.6) is 0 Å². The molecule has 0 aliphatic rings. The summed E-state index contributed by atoms with van der Waals surface area (Å²) in [4.78, 5) is 3.88. The van der Waals surface area contributed by atoms with Crippen molar-refractivity contribution in [2.24, 2.45) is 7.05 Å². The second-order valence-electron chi connectivity index (χ2n) is 3.77. The predicted octanol–water partition coefficient (Wildman–Crippen LogP) is 1.21. The Labute approximate surface area is 92.4 Å². The average Bonchev–Trinajstić information content (AvgIpc) is 2.66. The molecular weight excluding hydrogens is 209 g/mol. The van der Waals surface area contributed by atoms with Crippen molar-refractivity contribution in [1.29, 1.82) is 0 Å². The molecule has 2 aromatic heterocycles. The first kappa shape index (κ1) is 10.8. The van der Waals surface area contributed by atoms with Gasteiger partial charge < -0.3 is 5.11 Å². The summed E-state index contributed by atoms with van der Waals surface area (Å²) in [5.41, 5.74) is -0.289. The molecule has 1 unspecified atom stereocenters. The highest BCUT2D eigenvalue weighted by Crippen LogP contribution is 2.26. The van der Waals surface area contributed by atoms with Gasteiger partial charge in [-0.05, 0) is 25.1 Å². The molecule has 4 nitrogen and oxygen atoms in total. The lowest BCUT2D eigenvalue weighted by atomic mass is 9.97. The van der Waals surface area contributed by atoms with E-state index in [9.17, 15) is 9.50 Å². The second-order valence-corrected chi connectivity index (χ2v) is 3.77. The van der Waals surface area contributed by atoms with Crippen LogP contribution in [0.15, 0.2) is 30.6 Å². The van der Waals surface area contributed by atoms with Crippen LogP contribution in [0.1, 0.15) is 18.3 Å². The fourth-order valence-corrected chi connectivity index (χ4v) is 1.65. The van der Waals surface area contributed by atoms with Gasteiger partial charge in [0.1, 0.15) is 11.4 Å². The van der Waals surface area contributed by atoms with Crippen LogP contribution in [0.2, 0.25) is 0 Å². The van der Waals surface area contributed by atoms with E-state index in [0.717, 1.165) is 6.20 Å². The fraction of sp³-hybridized carbons (Fsp3) is 0.273. The van der Waals surface area contributed by atoms with Crippen LogP contribution in [0, 0.1) is 5.82 Å². The number of rotatable bonds is 2. The molecule has 2 aromatic rings. The summed E-state index contributed by atoms with van der Waals surface area (Å²) < 4.78 is 14.3. The van der Waals surface area contributed by atoms with Gasteiger partial charge in [0.25, 0.3) is 0 Å². The normalized spacial score (nSPS) is 14.8. The molecule has 0 aliphatic carbocycles. The summed E-state index contributed by atoms with van der Waals surface area (Å²) in [6.07, 6.45) is 2.67. The van der Waals surface area contributed by atoms with Crippen LogP contribution >= 0.6 is 0 Å². The zero-order valence-electron chi connectivity index (χ0n) is 9.05. The predicted molar refractivity (Wildman–Crippen MR) is 56.1 cm³/mol. The molecule has 0 fully saturated rings. The van der Waals surface area contributed by atoms with Crippen molar-refractivity contribution in [3.05, 3.63) is 47.8 Å². The van der Waals surface area contributed by atoms with Crippen molar-refractivity contribution in [3.8, 4) is 0 Å². The van der Waals surface area contributed by atoms with Crippen LogP contribution in [0.25, 0.3) is 0 Å². The monoisotopic (exact) mass is 221 g/mol. The summed E-state index contributed by atoms with van der Waals surface area (Å²) in [5, 5.41) is 14.4. The quantitative estimate of drug-likeness (QED) is 0.829. The van der Waals surface area contributed by atoms with E-state index >= 15 is 0 Å². The third-order valence-electron chi connectivity index (χ3n) is 2.55. The number of nitrogens with zero attached hydrogens (tertiary/aromatic N) is 3. The molecule has 0 spiro atoms. The van der Waals surface area contributed by atoms with Gasteiger partial charge in [-0.3, -0.25) is 9.67 Å². The molecule has 84 valence electrons. The SMILES string of the molecule is Cn1nccc1C(C)(O)c1ccc(F)cn1. The smallest absolute Gasteiger partial charge is 0.145 e. The number of halogens is 1. The molecule has 5 heteroatoms.